The summed E-state index contributed by atoms with van der Waals surface area (Å²) in [5.74, 6) is 0. The summed E-state index contributed by atoms with van der Waals surface area (Å²) in [6.45, 7) is 1.95. The molecule has 0 aliphatic carbocycles. The number of hydrogen-bond acceptors (Lipinski definition) is 2. The van der Waals surface area contributed by atoms with Crippen molar-refractivity contribution < 1.29 is 4.79 Å². The number of alkyl halides is 1. The van der Waals surface area contributed by atoms with Crippen LogP contribution in [0.15, 0.2) is 11.4 Å². The number of aldehydes is 1. The van der Waals surface area contributed by atoms with E-state index in [9.17, 15) is 4.79 Å². The molecule has 0 N–H and O–H groups in total. The highest BCUT2D eigenvalue weighted by Crippen LogP contribution is 2.26. The van der Waals surface area contributed by atoms with Crippen LogP contribution in [0.5, 0.6) is 0 Å². The van der Waals surface area contributed by atoms with Crippen molar-refractivity contribution in [3.05, 3.63) is 21.9 Å². The molecule has 0 aromatic carbocycles. The summed E-state index contributed by atoms with van der Waals surface area (Å²) >= 11 is 7.20. The first kappa shape index (κ1) is 7.76. The molecule has 0 bridgehead atoms. The van der Waals surface area contributed by atoms with E-state index in [1.54, 1.807) is 0 Å². The predicted octanol–water partition coefficient (Wildman–Crippen LogP) is 2.54. The predicted molar refractivity (Wildman–Crippen MR) is 43.7 cm³/mol. The van der Waals surface area contributed by atoms with Crippen LogP contribution in [0, 0.1) is 6.92 Å². The number of carbonyl (C=O) groups is 1. The Morgan fingerprint density at radius 3 is 2.90 bits per heavy atom. The van der Waals surface area contributed by atoms with Gasteiger partial charge in [0.25, 0.3) is 0 Å². The second kappa shape index (κ2) is 3.17. The zero-order valence-electron chi connectivity index (χ0n) is 5.50. The molecular weight excluding hydrogens is 168 g/mol. The molecule has 1 atom stereocenters. The fourth-order valence-electron chi connectivity index (χ4n) is 0.729. The van der Waals surface area contributed by atoms with Crippen molar-refractivity contribution in [2.45, 2.75) is 12.3 Å². The molecule has 1 rings (SSSR count). The van der Waals surface area contributed by atoms with Gasteiger partial charge in [-0.05, 0) is 23.9 Å². The van der Waals surface area contributed by atoms with Gasteiger partial charge in [-0.15, -0.1) is 22.9 Å². The Hall–Kier alpha value is -0.340. The van der Waals surface area contributed by atoms with Gasteiger partial charge < -0.3 is 4.79 Å². The number of halogens is 1. The SMILES string of the molecule is Cc1ccsc1C(Cl)C=O. The maximum Gasteiger partial charge on any atom is 0.143 e. The third kappa shape index (κ3) is 1.39. The van der Waals surface area contributed by atoms with E-state index in [-0.39, 0.29) is 0 Å². The lowest BCUT2D eigenvalue weighted by Gasteiger charge is -1.97. The molecule has 0 amide bonds. The second-order valence-corrected chi connectivity index (χ2v) is 3.42. The van der Waals surface area contributed by atoms with Gasteiger partial charge in [-0.3, -0.25) is 0 Å². The number of aryl methyl sites for hydroxylation is 1. The number of hydrogen-bond donors (Lipinski definition) is 0. The van der Waals surface area contributed by atoms with E-state index in [1.165, 1.54) is 11.3 Å². The highest BCUT2D eigenvalue weighted by molar-refractivity contribution is 7.10. The van der Waals surface area contributed by atoms with E-state index in [0.717, 1.165) is 16.7 Å². The summed E-state index contributed by atoms with van der Waals surface area (Å²) in [5.41, 5.74) is 1.09. The molecule has 0 spiro atoms. The van der Waals surface area contributed by atoms with E-state index in [0.29, 0.717) is 0 Å². The molecule has 10 heavy (non-hydrogen) atoms. The van der Waals surface area contributed by atoms with E-state index in [4.69, 9.17) is 11.6 Å². The third-order valence-electron chi connectivity index (χ3n) is 1.27. The molecule has 0 saturated carbocycles. The molecule has 0 saturated heterocycles. The van der Waals surface area contributed by atoms with Crippen LogP contribution in [0.3, 0.4) is 0 Å². The number of rotatable bonds is 2. The summed E-state index contributed by atoms with van der Waals surface area (Å²) < 4.78 is 0. The van der Waals surface area contributed by atoms with Gasteiger partial charge in [-0.2, -0.15) is 0 Å². The van der Waals surface area contributed by atoms with Crippen LogP contribution in [-0.4, -0.2) is 6.29 Å². The fraction of sp³-hybridized carbons (Fsp3) is 0.286. The van der Waals surface area contributed by atoms with Crippen molar-refractivity contribution in [2.24, 2.45) is 0 Å². The van der Waals surface area contributed by atoms with Gasteiger partial charge in [0.1, 0.15) is 11.7 Å². The van der Waals surface area contributed by atoms with E-state index in [2.05, 4.69) is 0 Å². The van der Waals surface area contributed by atoms with Crippen LogP contribution in [0.2, 0.25) is 0 Å². The highest BCUT2D eigenvalue weighted by Gasteiger charge is 2.09. The molecule has 1 aromatic rings. The number of carbonyl (C=O) groups excluding carboxylic acids is 1. The molecule has 1 heterocycles. The minimum atomic E-state index is -0.458. The van der Waals surface area contributed by atoms with Gasteiger partial charge in [0.05, 0.1) is 0 Å². The first-order valence-corrected chi connectivity index (χ1v) is 4.20. The quantitative estimate of drug-likeness (QED) is 0.498. The van der Waals surface area contributed by atoms with E-state index >= 15 is 0 Å². The molecule has 0 aliphatic rings. The summed E-state index contributed by atoms with van der Waals surface area (Å²) in [4.78, 5) is 11.2. The van der Waals surface area contributed by atoms with Gasteiger partial charge in [0, 0.05) is 4.88 Å². The number of thiophene rings is 1. The Balaban J connectivity index is 2.92. The van der Waals surface area contributed by atoms with E-state index < -0.39 is 5.38 Å². The zero-order valence-corrected chi connectivity index (χ0v) is 7.08. The first-order chi connectivity index (χ1) is 4.75. The maximum absolute atomic E-state index is 10.2. The molecule has 0 fully saturated rings. The monoisotopic (exact) mass is 174 g/mol. The second-order valence-electron chi connectivity index (χ2n) is 2.01. The third-order valence-corrected chi connectivity index (χ3v) is 2.82. The molecule has 0 aliphatic heterocycles. The molecule has 1 aromatic heterocycles. The lowest BCUT2D eigenvalue weighted by Crippen LogP contribution is -1.88. The Labute approximate surface area is 68.6 Å². The van der Waals surface area contributed by atoms with Crippen LogP contribution in [-0.2, 0) is 4.79 Å². The smallest absolute Gasteiger partial charge is 0.143 e. The Morgan fingerprint density at radius 2 is 2.50 bits per heavy atom. The van der Waals surface area contributed by atoms with Gasteiger partial charge >= 0.3 is 0 Å². The Kier molecular flexibility index (Phi) is 2.46. The molecule has 0 radical (unpaired) electrons. The average molecular weight is 175 g/mol. The van der Waals surface area contributed by atoms with Crippen molar-refractivity contribution in [2.75, 3.05) is 0 Å². The Bertz CT molecular complexity index is 231. The van der Waals surface area contributed by atoms with Gasteiger partial charge in [0.2, 0.25) is 0 Å². The Morgan fingerprint density at radius 1 is 1.80 bits per heavy atom. The minimum absolute atomic E-state index is 0.458. The van der Waals surface area contributed by atoms with Crippen LogP contribution in [0.25, 0.3) is 0 Å². The van der Waals surface area contributed by atoms with Crippen molar-refractivity contribution in [3.8, 4) is 0 Å². The standard InChI is InChI=1S/C7H7ClOS/c1-5-2-3-10-7(5)6(8)4-9/h2-4,6H,1H3. The van der Waals surface area contributed by atoms with Gasteiger partial charge in [-0.1, -0.05) is 0 Å². The normalized spacial score (nSPS) is 13.0. The van der Waals surface area contributed by atoms with Crippen molar-refractivity contribution in [1.29, 1.82) is 0 Å². The maximum atomic E-state index is 10.2. The summed E-state index contributed by atoms with van der Waals surface area (Å²) in [6.07, 6.45) is 0.750. The minimum Gasteiger partial charge on any atom is -0.301 e. The van der Waals surface area contributed by atoms with Crippen molar-refractivity contribution in [1.82, 2.24) is 0 Å². The molecule has 1 unspecified atom stereocenters. The molecular formula is C7H7ClOS. The summed E-state index contributed by atoms with van der Waals surface area (Å²) in [5, 5.41) is 1.48. The first-order valence-electron chi connectivity index (χ1n) is 2.89. The zero-order chi connectivity index (χ0) is 7.56. The van der Waals surface area contributed by atoms with Crippen molar-refractivity contribution >= 4 is 29.2 Å². The van der Waals surface area contributed by atoms with Crippen LogP contribution < -0.4 is 0 Å². The topological polar surface area (TPSA) is 17.1 Å². The average Bonchev–Trinajstić information content (AvgIpc) is 2.34. The van der Waals surface area contributed by atoms with E-state index in [1.807, 2.05) is 18.4 Å². The summed E-state index contributed by atoms with van der Waals surface area (Å²) in [6, 6.07) is 1.96. The van der Waals surface area contributed by atoms with Crippen molar-refractivity contribution in [3.63, 3.8) is 0 Å². The molecule has 54 valence electrons. The molecule has 1 nitrogen and oxygen atoms in total. The van der Waals surface area contributed by atoms with Crippen LogP contribution in [0.1, 0.15) is 15.8 Å². The highest BCUT2D eigenvalue weighted by atomic mass is 35.5. The van der Waals surface area contributed by atoms with Crippen LogP contribution in [0.4, 0.5) is 0 Å². The lowest BCUT2D eigenvalue weighted by atomic mass is 10.2. The molecule has 3 heteroatoms. The van der Waals surface area contributed by atoms with Gasteiger partial charge in [-0.25, -0.2) is 0 Å². The fourth-order valence-corrected chi connectivity index (χ4v) is 1.91. The van der Waals surface area contributed by atoms with Crippen LogP contribution >= 0.6 is 22.9 Å². The van der Waals surface area contributed by atoms with Gasteiger partial charge in [0.15, 0.2) is 0 Å². The summed E-state index contributed by atoms with van der Waals surface area (Å²) in [7, 11) is 0. The largest absolute Gasteiger partial charge is 0.301 e. The lowest BCUT2D eigenvalue weighted by molar-refractivity contribution is -0.107.